The Hall–Kier alpha value is -2.37. The molecule has 0 spiro atoms. The van der Waals surface area contributed by atoms with Crippen molar-refractivity contribution in [2.75, 3.05) is 16.8 Å². The van der Waals surface area contributed by atoms with Crippen LogP contribution in [0.5, 0.6) is 0 Å². The monoisotopic (exact) mass is 399 g/mol. The van der Waals surface area contributed by atoms with Crippen molar-refractivity contribution in [3.05, 3.63) is 59.7 Å². The van der Waals surface area contributed by atoms with Crippen molar-refractivity contribution >= 4 is 35.6 Å². The predicted octanol–water partition coefficient (Wildman–Crippen LogP) is 3.77. The Balaban J connectivity index is 0.00000225. The Morgan fingerprint density at radius 2 is 1.82 bits per heavy atom. The molecule has 0 bridgehead atoms. The lowest BCUT2D eigenvalue weighted by Gasteiger charge is -2.18. The summed E-state index contributed by atoms with van der Waals surface area (Å²) >= 11 is 0. The van der Waals surface area contributed by atoms with E-state index in [4.69, 9.17) is 5.73 Å². The van der Waals surface area contributed by atoms with E-state index in [1.54, 1.807) is 24.3 Å². The highest BCUT2D eigenvalue weighted by atomic mass is 35.5. The second kappa shape index (κ2) is 8.76. The third kappa shape index (κ3) is 4.21. The number of rotatable bonds is 4. The summed E-state index contributed by atoms with van der Waals surface area (Å²) in [4.78, 5) is 26.9. The summed E-state index contributed by atoms with van der Waals surface area (Å²) in [6.45, 7) is 0.707. The third-order valence-corrected chi connectivity index (χ3v) is 5.71. The highest BCUT2D eigenvalue weighted by molar-refractivity contribution is 6.07. The highest BCUT2D eigenvalue weighted by Crippen LogP contribution is 2.29. The van der Waals surface area contributed by atoms with Crippen LogP contribution >= 0.6 is 12.4 Å². The van der Waals surface area contributed by atoms with Gasteiger partial charge in [-0.25, -0.2) is 0 Å². The van der Waals surface area contributed by atoms with Crippen LogP contribution in [-0.2, 0) is 11.2 Å². The summed E-state index contributed by atoms with van der Waals surface area (Å²) < 4.78 is 0. The smallest absolute Gasteiger partial charge is 0.258 e. The molecule has 3 N–H and O–H groups in total. The number of carbonyl (C=O) groups is 2. The van der Waals surface area contributed by atoms with Crippen LogP contribution in [0.2, 0.25) is 0 Å². The molecule has 1 aliphatic carbocycles. The van der Waals surface area contributed by atoms with Crippen LogP contribution < -0.4 is 16.0 Å². The number of hydrogen-bond donors (Lipinski definition) is 2. The fraction of sp³-hybridized carbons (Fsp3) is 0.364. The first-order valence-electron chi connectivity index (χ1n) is 9.67. The van der Waals surface area contributed by atoms with Gasteiger partial charge >= 0.3 is 0 Å². The number of hydrogen-bond acceptors (Lipinski definition) is 3. The fourth-order valence-electron chi connectivity index (χ4n) is 4.17. The lowest BCUT2D eigenvalue weighted by atomic mass is 10.00. The lowest BCUT2D eigenvalue weighted by molar-refractivity contribution is -0.117. The number of fused-ring (bicyclic) bond motifs is 1. The van der Waals surface area contributed by atoms with Crippen molar-refractivity contribution in [3.63, 3.8) is 0 Å². The molecule has 2 aromatic carbocycles. The van der Waals surface area contributed by atoms with Gasteiger partial charge in [-0.2, -0.15) is 0 Å². The molecule has 1 heterocycles. The molecule has 2 aromatic rings. The molecule has 2 amide bonds. The van der Waals surface area contributed by atoms with Crippen molar-refractivity contribution in [1.82, 2.24) is 0 Å². The lowest BCUT2D eigenvalue weighted by Crippen LogP contribution is -2.29. The molecule has 1 aliphatic heterocycles. The zero-order valence-electron chi connectivity index (χ0n) is 15.8. The first-order chi connectivity index (χ1) is 13.1. The summed E-state index contributed by atoms with van der Waals surface area (Å²) in [7, 11) is 0. The van der Waals surface area contributed by atoms with Crippen LogP contribution in [0.25, 0.3) is 0 Å². The molecule has 4 rings (SSSR count). The molecule has 1 fully saturated rings. The van der Waals surface area contributed by atoms with Crippen molar-refractivity contribution in [2.45, 2.75) is 38.1 Å². The number of amides is 2. The van der Waals surface area contributed by atoms with Gasteiger partial charge in [0.05, 0.1) is 0 Å². The SMILES string of the molecule is Cl.N[C@@H]1CCC[C@H]1CC(=O)Nc1ccc(C(=O)N2CCc3ccccc32)cc1. The minimum Gasteiger partial charge on any atom is -0.327 e. The Kier molecular flexibility index (Phi) is 6.37. The Morgan fingerprint density at radius 1 is 1.07 bits per heavy atom. The van der Waals surface area contributed by atoms with Crippen molar-refractivity contribution in [3.8, 4) is 0 Å². The number of nitrogens with zero attached hydrogens (tertiary/aromatic N) is 1. The average molecular weight is 400 g/mol. The van der Waals surface area contributed by atoms with E-state index in [2.05, 4.69) is 11.4 Å². The molecule has 28 heavy (non-hydrogen) atoms. The van der Waals surface area contributed by atoms with Gasteiger partial charge in [-0.1, -0.05) is 24.6 Å². The van der Waals surface area contributed by atoms with Crippen molar-refractivity contribution in [1.29, 1.82) is 0 Å². The summed E-state index contributed by atoms with van der Waals surface area (Å²) in [5, 5.41) is 2.92. The maximum absolute atomic E-state index is 12.8. The van der Waals surface area contributed by atoms with Crippen LogP contribution in [0, 0.1) is 5.92 Å². The van der Waals surface area contributed by atoms with Crippen molar-refractivity contribution < 1.29 is 9.59 Å². The third-order valence-electron chi connectivity index (χ3n) is 5.71. The summed E-state index contributed by atoms with van der Waals surface area (Å²) in [5.41, 5.74) is 9.59. The maximum atomic E-state index is 12.8. The molecule has 1 saturated carbocycles. The molecule has 5 nitrogen and oxygen atoms in total. The molecule has 148 valence electrons. The fourth-order valence-corrected chi connectivity index (χ4v) is 4.17. The quantitative estimate of drug-likeness (QED) is 0.821. The second-order valence-corrected chi connectivity index (χ2v) is 7.52. The number of anilines is 2. The zero-order valence-corrected chi connectivity index (χ0v) is 16.6. The molecular formula is C22H26ClN3O2. The minimum atomic E-state index is -0.00935. The van der Waals surface area contributed by atoms with Crippen LogP contribution in [0.1, 0.15) is 41.6 Å². The van der Waals surface area contributed by atoms with Crippen LogP contribution in [-0.4, -0.2) is 24.4 Å². The molecule has 2 atom stereocenters. The average Bonchev–Trinajstić information content (AvgIpc) is 3.28. The Labute approximate surface area is 171 Å². The normalized spacial score (nSPS) is 20.4. The van der Waals surface area contributed by atoms with E-state index in [0.29, 0.717) is 24.2 Å². The summed E-state index contributed by atoms with van der Waals surface area (Å²) in [5.74, 6) is 0.265. The molecule has 2 aliphatic rings. The topological polar surface area (TPSA) is 75.4 Å². The van der Waals surface area contributed by atoms with Crippen molar-refractivity contribution in [2.24, 2.45) is 11.7 Å². The number of halogens is 1. The molecule has 0 saturated heterocycles. The Morgan fingerprint density at radius 3 is 2.54 bits per heavy atom. The highest BCUT2D eigenvalue weighted by Gasteiger charge is 2.27. The van der Waals surface area contributed by atoms with Gasteiger partial charge in [0.2, 0.25) is 5.91 Å². The van der Waals surface area contributed by atoms with E-state index in [0.717, 1.165) is 31.4 Å². The van der Waals surface area contributed by atoms with E-state index < -0.39 is 0 Å². The Bertz CT molecular complexity index is 853. The van der Waals surface area contributed by atoms with Gasteiger partial charge < -0.3 is 16.0 Å². The maximum Gasteiger partial charge on any atom is 0.258 e. The van der Waals surface area contributed by atoms with Gasteiger partial charge in [0.25, 0.3) is 5.91 Å². The standard InChI is InChI=1S/C22H25N3O2.ClH/c23-19-6-3-5-17(19)14-21(26)24-18-10-8-16(9-11-18)22(27)25-13-12-15-4-1-2-7-20(15)25;/h1-2,4,7-11,17,19H,3,5-6,12-14,23H2,(H,24,26);1H/t17-,19+;/m0./s1. The first-order valence-corrected chi connectivity index (χ1v) is 9.67. The van der Waals surface area contributed by atoms with Crippen LogP contribution in [0.15, 0.2) is 48.5 Å². The summed E-state index contributed by atoms with van der Waals surface area (Å²) in [6.07, 6.45) is 4.50. The zero-order chi connectivity index (χ0) is 18.8. The minimum absolute atomic E-state index is 0. The molecule has 0 radical (unpaired) electrons. The van der Waals surface area contributed by atoms with Crippen LogP contribution in [0.4, 0.5) is 11.4 Å². The first kappa shape index (κ1) is 20.4. The van der Waals surface area contributed by atoms with E-state index >= 15 is 0 Å². The van der Waals surface area contributed by atoms with Gasteiger partial charge in [-0.05, 0) is 61.1 Å². The van der Waals surface area contributed by atoms with E-state index in [-0.39, 0.29) is 36.2 Å². The van der Waals surface area contributed by atoms with Gasteiger partial charge in [0, 0.05) is 35.9 Å². The second-order valence-electron chi connectivity index (χ2n) is 7.52. The largest absolute Gasteiger partial charge is 0.327 e. The van der Waals surface area contributed by atoms with E-state index in [9.17, 15) is 9.59 Å². The van der Waals surface area contributed by atoms with E-state index in [1.807, 2.05) is 23.1 Å². The predicted molar refractivity (Wildman–Crippen MR) is 114 cm³/mol. The summed E-state index contributed by atoms with van der Waals surface area (Å²) in [6, 6.07) is 15.3. The van der Waals surface area contributed by atoms with Gasteiger partial charge in [-0.3, -0.25) is 9.59 Å². The molecule has 6 heteroatoms. The number of nitrogens with two attached hydrogens (primary N) is 1. The van der Waals surface area contributed by atoms with E-state index in [1.165, 1.54) is 5.56 Å². The van der Waals surface area contributed by atoms with Gasteiger partial charge in [0.15, 0.2) is 0 Å². The molecule has 0 aromatic heterocycles. The van der Waals surface area contributed by atoms with Crippen LogP contribution in [0.3, 0.4) is 0 Å². The number of benzene rings is 2. The number of para-hydroxylation sites is 1. The number of carbonyl (C=O) groups excluding carboxylic acids is 2. The van der Waals surface area contributed by atoms with Gasteiger partial charge in [0.1, 0.15) is 0 Å². The molecule has 0 unspecified atom stereocenters. The molecular weight excluding hydrogens is 374 g/mol. The number of nitrogens with one attached hydrogen (secondary N) is 1. The van der Waals surface area contributed by atoms with Gasteiger partial charge in [-0.15, -0.1) is 12.4 Å².